The molecule has 21 nitrogen and oxygen atoms in total. The molecular weight excluding hydrogens is 650 g/mol. The van der Waals surface area contributed by atoms with Crippen molar-refractivity contribution >= 4 is 35.6 Å². The average Bonchev–Trinajstić information content (AvgIpc) is 3.01. The summed E-state index contributed by atoms with van der Waals surface area (Å²) in [7, 11) is 0. The van der Waals surface area contributed by atoms with Crippen LogP contribution in [0.3, 0.4) is 0 Å². The second-order valence-electron chi connectivity index (χ2n) is 11.5. The van der Waals surface area contributed by atoms with E-state index in [1.54, 1.807) is 0 Å². The predicted octanol–water partition coefficient (Wildman–Crippen LogP) is -6.68. The van der Waals surface area contributed by atoms with Gasteiger partial charge in [0.15, 0.2) is 6.10 Å². The van der Waals surface area contributed by atoms with Crippen LogP contribution in [0, 0.1) is 5.92 Å². The van der Waals surface area contributed by atoms with E-state index in [-0.39, 0.29) is 4.90 Å². The van der Waals surface area contributed by atoms with Gasteiger partial charge in [0, 0.05) is 26.2 Å². The van der Waals surface area contributed by atoms with Crippen LogP contribution < -0.4 is 22.5 Å². The Hall–Kier alpha value is -3.38. The van der Waals surface area contributed by atoms with E-state index < -0.39 is 147 Å². The van der Waals surface area contributed by atoms with E-state index in [9.17, 15) is 65.9 Å². The van der Waals surface area contributed by atoms with Gasteiger partial charge >= 0.3 is 11.9 Å². The number of ether oxygens (including phenoxy) is 3. The second kappa shape index (κ2) is 17.3. The average molecular weight is 697 g/mol. The van der Waals surface area contributed by atoms with Crippen LogP contribution in [-0.2, 0) is 43.0 Å². The minimum atomic E-state index is -3.45. The molecule has 0 aliphatic carbocycles. The third-order valence-corrected chi connectivity index (χ3v) is 8.12. The van der Waals surface area contributed by atoms with Crippen molar-refractivity contribution in [1.29, 1.82) is 0 Å². The highest BCUT2D eigenvalue weighted by Crippen LogP contribution is 2.37. The number of aliphatic hydroxyl groups is 5. The molecule has 3 unspecified atom stereocenters. The molecule has 2 fully saturated rings. The number of primary amides is 1. The van der Waals surface area contributed by atoms with Gasteiger partial charge in [-0.2, -0.15) is 0 Å². The number of hydrogen-bond donors (Lipinski definition) is 11. The van der Waals surface area contributed by atoms with Gasteiger partial charge in [0.25, 0.3) is 0 Å². The Morgan fingerprint density at radius 2 is 1.38 bits per heavy atom. The third kappa shape index (κ3) is 9.19. The molecule has 2 saturated heterocycles. The highest BCUT2D eigenvalue weighted by atomic mass is 16.6. The zero-order valence-corrected chi connectivity index (χ0v) is 26.3. The summed E-state index contributed by atoms with van der Waals surface area (Å²) in [5.41, 5.74) is 17.8. The lowest BCUT2D eigenvalue weighted by atomic mass is 9.74. The molecule has 274 valence electrons. The van der Waals surface area contributed by atoms with Gasteiger partial charge in [0.05, 0.1) is 38.9 Å². The fraction of sp³-hybridized carbons (Fsp3) is 0.778. The zero-order chi connectivity index (χ0) is 37.7. The van der Waals surface area contributed by atoms with Crippen LogP contribution in [-0.4, -0.2) is 169 Å². The Labute approximate surface area is 275 Å². The van der Waals surface area contributed by atoms with Gasteiger partial charge in [-0.3, -0.25) is 24.1 Å². The van der Waals surface area contributed by atoms with Crippen molar-refractivity contribution in [3.63, 3.8) is 0 Å². The lowest BCUT2D eigenvalue weighted by Gasteiger charge is -2.52. The van der Waals surface area contributed by atoms with Crippen molar-refractivity contribution in [1.82, 2.24) is 10.2 Å². The smallest absolute Gasteiger partial charge is 0.332 e. The Kier molecular flexibility index (Phi) is 14.1. The largest absolute Gasteiger partial charge is 0.480 e. The summed E-state index contributed by atoms with van der Waals surface area (Å²) in [6.07, 6.45) is -17.8. The lowest BCUT2D eigenvalue weighted by Crippen LogP contribution is -2.74. The first kappa shape index (κ1) is 39.1. The first-order valence-electron chi connectivity index (χ1n) is 15.3. The Balaban J connectivity index is 2.98. The maximum absolute atomic E-state index is 14.3. The maximum atomic E-state index is 14.3. The molecule has 0 aromatic carbocycles. The highest BCUT2D eigenvalue weighted by molar-refractivity contribution is 5.99. The summed E-state index contributed by atoms with van der Waals surface area (Å²) in [5, 5.41) is 73.6. The summed E-state index contributed by atoms with van der Waals surface area (Å²) >= 11 is 0. The number of nitrogens with zero attached hydrogens (tertiary/aromatic N) is 1. The third-order valence-electron chi connectivity index (χ3n) is 8.12. The van der Waals surface area contributed by atoms with Crippen LogP contribution >= 0.6 is 0 Å². The molecule has 2 rings (SSSR count). The van der Waals surface area contributed by atoms with Crippen LogP contribution in [0.1, 0.15) is 35.0 Å². The summed E-state index contributed by atoms with van der Waals surface area (Å²) in [4.78, 5) is 75.7. The molecule has 2 heterocycles. The minimum Gasteiger partial charge on any atom is -0.480 e. The molecule has 21 heteroatoms. The van der Waals surface area contributed by atoms with Crippen molar-refractivity contribution in [3.8, 4) is 0 Å². The zero-order valence-electron chi connectivity index (χ0n) is 27.3. The van der Waals surface area contributed by atoms with E-state index in [0.29, 0.717) is 0 Å². The summed E-state index contributed by atoms with van der Waals surface area (Å²) in [5.74, 6) is -10.8. The predicted molar refractivity (Wildman–Crippen MR) is 156 cm³/mol. The van der Waals surface area contributed by atoms with Crippen molar-refractivity contribution in [3.05, 3.63) is 0 Å². The first-order valence-corrected chi connectivity index (χ1v) is 14.8. The van der Waals surface area contributed by atoms with E-state index >= 15 is 0 Å². The quantitative estimate of drug-likeness (QED) is 0.0757. The fourth-order valence-corrected chi connectivity index (χ4v) is 5.67. The molecular formula is C27H45N5O16. The van der Waals surface area contributed by atoms with Gasteiger partial charge in [-0.1, -0.05) is 0 Å². The fourth-order valence-electron chi connectivity index (χ4n) is 5.67. The summed E-state index contributed by atoms with van der Waals surface area (Å²) < 4.78 is 26.7. The number of nitrogens with two attached hydrogens (primary N) is 3. The maximum Gasteiger partial charge on any atom is 0.332 e. The van der Waals surface area contributed by atoms with Gasteiger partial charge in [-0.25, -0.2) is 9.59 Å². The number of hydrogen-bond acceptors (Lipinski definition) is 16. The summed E-state index contributed by atoms with van der Waals surface area (Å²) in [6, 6.07) is -9.10. The lowest BCUT2D eigenvalue weighted by molar-refractivity contribution is -0.256. The van der Waals surface area contributed by atoms with Gasteiger partial charge in [0.2, 0.25) is 23.6 Å². The molecule has 0 spiro atoms. The van der Waals surface area contributed by atoms with E-state index in [0.717, 1.165) is 20.8 Å². The second-order valence-corrected chi connectivity index (χ2v) is 11.5. The Bertz CT molecular complexity index is 1230. The van der Waals surface area contributed by atoms with Gasteiger partial charge in [-0.15, -0.1) is 0 Å². The molecule has 0 aromatic heterocycles. The molecule has 0 bridgehead atoms. The molecule has 48 heavy (non-hydrogen) atoms. The Morgan fingerprint density at radius 1 is 0.875 bits per heavy atom. The van der Waals surface area contributed by atoms with Crippen molar-refractivity contribution < 1.29 is 80.1 Å². The number of amides is 4. The molecule has 0 saturated carbocycles. The van der Waals surface area contributed by atoms with Crippen LogP contribution in [0.5, 0.6) is 0 Å². The number of rotatable bonds is 15. The topological polar surface area (TPSA) is 365 Å². The van der Waals surface area contributed by atoms with E-state index in [1.807, 2.05) is 5.32 Å². The molecule has 2 aliphatic rings. The van der Waals surface area contributed by atoms with Crippen molar-refractivity contribution in [2.45, 2.75) is 113 Å². The van der Waals surface area contributed by atoms with Gasteiger partial charge in [-0.05, 0) is 13.3 Å². The van der Waals surface area contributed by atoms with Crippen LogP contribution in [0.15, 0.2) is 0 Å². The van der Waals surface area contributed by atoms with Crippen molar-refractivity contribution in [2.75, 3.05) is 13.2 Å². The number of carboxylic acids is 2. The standard InChI is InChI=1S/C27H45N5O16/c1-8(26(42)43)46-24-17(30)23(48-13(7-34)20(24)39)15(22-16(29)21(40)19(38)12(6-33)47-22)18(32(9(2)35)10(3)36)25(41)31-11(27(44)45)4-5-14(28)37/h8,11-13,15-24,33-34,38-40H,4-7,29-30H2,1-3H3,(H2,28,37)(H,31,41)(H,42,43)(H,44,45)/t8-,11+,12-,13-,15?,16-,17+,18+,19-,20-,21-,22?,23?,24-/m1/s1/i18D. The number of aliphatic carboxylic acids is 2. The molecule has 2 aliphatic heterocycles. The first-order chi connectivity index (χ1) is 22.7. The van der Waals surface area contributed by atoms with Crippen LogP contribution in [0.4, 0.5) is 0 Å². The molecule has 14 N–H and O–H groups in total. The van der Waals surface area contributed by atoms with Crippen LogP contribution in [0.2, 0.25) is 0 Å². The number of nitrogens with one attached hydrogen (secondary N) is 1. The van der Waals surface area contributed by atoms with Gasteiger partial charge in [0.1, 0.15) is 48.7 Å². The van der Waals surface area contributed by atoms with Gasteiger partial charge < -0.3 is 72.5 Å². The number of carboxylic acid groups (broad SMARTS) is 2. The Morgan fingerprint density at radius 3 is 1.81 bits per heavy atom. The molecule has 14 atom stereocenters. The number of carbonyl (C=O) groups is 6. The summed E-state index contributed by atoms with van der Waals surface area (Å²) in [6.45, 7) is 0.562. The van der Waals surface area contributed by atoms with E-state index in [4.69, 9.17) is 31.4 Å². The SMILES string of the molecule is [2H][C@@](C(=O)N[C@@H](CCC(N)=O)C(=O)O)(C(C1O[C@H](CO)[C@@H](O)[C@H](O)[C@H]1N)C1O[C@H](CO)[C@@H](O)[C@H](O[C@H](C)C(=O)O)[C@H]1N)N(C(C)=O)C(C)=O. The normalized spacial score (nSPS) is 34.0. The highest BCUT2D eigenvalue weighted by Gasteiger charge is 2.58. The number of imide groups is 1. The molecule has 0 aromatic rings. The molecule has 4 amide bonds. The number of carbonyl (C=O) groups excluding carboxylic acids is 4. The monoisotopic (exact) mass is 696 g/mol. The van der Waals surface area contributed by atoms with Crippen LogP contribution in [0.25, 0.3) is 0 Å². The van der Waals surface area contributed by atoms with E-state index in [2.05, 4.69) is 0 Å². The van der Waals surface area contributed by atoms with E-state index in [1.165, 1.54) is 0 Å². The minimum absolute atomic E-state index is 0.0618. The molecule has 0 radical (unpaired) electrons. The van der Waals surface area contributed by atoms with Crippen molar-refractivity contribution in [2.24, 2.45) is 23.1 Å². The number of aliphatic hydroxyl groups excluding tert-OH is 5.